The van der Waals surface area contributed by atoms with Crippen molar-refractivity contribution < 1.29 is 8.42 Å². The molecule has 0 amide bonds. The molecule has 0 fully saturated rings. The van der Waals surface area contributed by atoms with Crippen LogP contribution in [0.1, 0.15) is 22.5 Å². The molecule has 0 saturated heterocycles. The van der Waals surface area contributed by atoms with Gasteiger partial charge in [-0.15, -0.1) is 0 Å². The molecule has 26 heavy (non-hydrogen) atoms. The van der Waals surface area contributed by atoms with E-state index in [1.807, 2.05) is 0 Å². The van der Waals surface area contributed by atoms with E-state index in [2.05, 4.69) is 19.9 Å². The van der Waals surface area contributed by atoms with E-state index in [1.165, 1.54) is 12.1 Å². The number of benzene rings is 1. The predicted molar refractivity (Wildman–Crippen MR) is 97.1 cm³/mol. The number of nitrogens with one attached hydrogen (secondary N) is 2. The van der Waals surface area contributed by atoms with E-state index in [9.17, 15) is 13.2 Å². The van der Waals surface area contributed by atoms with Crippen LogP contribution < -0.4 is 10.3 Å². The Bertz CT molecular complexity index is 1050. The summed E-state index contributed by atoms with van der Waals surface area (Å²) in [6, 6.07) is 13.5. The zero-order chi connectivity index (χ0) is 18.6. The van der Waals surface area contributed by atoms with Crippen LogP contribution >= 0.6 is 0 Å². The lowest BCUT2D eigenvalue weighted by Crippen LogP contribution is -2.23. The second kappa shape index (κ2) is 7.59. The van der Waals surface area contributed by atoms with Gasteiger partial charge >= 0.3 is 0 Å². The molecule has 0 saturated carbocycles. The molecule has 0 spiro atoms. The highest BCUT2D eigenvalue weighted by molar-refractivity contribution is 7.89. The Hall–Kier alpha value is -2.84. The standard InChI is InChI=1S/C18H18N4O3S/c1-13-10-15(18(23)22-21-13)11-14-5-7-17(8-6-14)26(24,25)20-12-16-4-2-3-9-19-16/h2-10,20H,11-12H2,1H3,(H,22,23). The lowest BCUT2D eigenvalue weighted by atomic mass is 10.1. The summed E-state index contributed by atoms with van der Waals surface area (Å²) in [7, 11) is -3.63. The van der Waals surface area contributed by atoms with Crippen LogP contribution in [0, 0.1) is 6.92 Å². The Labute approximate surface area is 151 Å². The van der Waals surface area contributed by atoms with Crippen LogP contribution in [0.5, 0.6) is 0 Å². The maximum absolute atomic E-state index is 12.4. The molecular formula is C18H18N4O3S. The Balaban J connectivity index is 1.72. The summed E-state index contributed by atoms with van der Waals surface area (Å²) in [4.78, 5) is 16.0. The van der Waals surface area contributed by atoms with Crippen LogP contribution in [0.3, 0.4) is 0 Å². The summed E-state index contributed by atoms with van der Waals surface area (Å²) < 4.78 is 27.3. The molecule has 1 aromatic carbocycles. The third-order valence-electron chi connectivity index (χ3n) is 3.81. The highest BCUT2D eigenvalue weighted by atomic mass is 32.2. The van der Waals surface area contributed by atoms with Crippen molar-refractivity contribution in [1.29, 1.82) is 0 Å². The molecule has 8 heteroatoms. The number of H-pyrrole nitrogens is 1. The van der Waals surface area contributed by atoms with E-state index in [1.54, 1.807) is 49.5 Å². The first-order chi connectivity index (χ1) is 12.4. The molecule has 2 heterocycles. The van der Waals surface area contributed by atoms with Crippen molar-refractivity contribution in [2.24, 2.45) is 0 Å². The van der Waals surface area contributed by atoms with Crippen molar-refractivity contribution in [3.05, 3.63) is 87.6 Å². The summed E-state index contributed by atoms with van der Waals surface area (Å²) in [6.07, 6.45) is 2.02. The van der Waals surface area contributed by atoms with E-state index in [0.717, 1.165) is 11.3 Å². The van der Waals surface area contributed by atoms with Crippen molar-refractivity contribution in [2.45, 2.75) is 24.8 Å². The van der Waals surface area contributed by atoms with Gasteiger partial charge in [-0.25, -0.2) is 18.2 Å². The number of aromatic amines is 1. The molecule has 0 aliphatic carbocycles. The van der Waals surface area contributed by atoms with Crippen molar-refractivity contribution in [1.82, 2.24) is 19.9 Å². The van der Waals surface area contributed by atoms with Crippen molar-refractivity contribution in [2.75, 3.05) is 0 Å². The topological polar surface area (TPSA) is 105 Å². The number of sulfonamides is 1. The number of aromatic nitrogens is 3. The Kier molecular flexibility index (Phi) is 5.24. The normalized spacial score (nSPS) is 11.4. The summed E-state index contributed by atoms with van der Waals surface area (Å²) >= 11 is 0. The van der Waals surface area contributed by atoms with Crippen LogP contribution in [0.15, 0.2) is 64.4 Å². The third-order valence-corrected chi connectivity index (χ3v) is 5.22. The fourth-order valence-electron chi connectivity index (χ4n) is 2.45. The maximum atomic E-state index is 12.4. The van der Waals surface area contributed by atoms with Crippen LogP contribution in [0.25, 0.3) is 0 Å². The largest absolute Gasteiger partial charge is 0.268 e. The number of hydrogen-bond donors (Lipinski definition) is 2. The predicted octanol–water partition coefficient (Wildman–Crippen LogP) is 1.54. The van der Waals surface area contributed by atoms with Crippen molar-refractivity contribution >= 4 is 10.0 Å². The molecule has 134 valence electrons. The van der Waals surface area contributed by atoms with Gasteiger partial charge in [0.2, 0.25) is 10.0 Å². The van der Waals surface area contributed by atoms with Crippen molar-refractivity contribution in [3.63, 3.8) is 0 Å². The SMILES string of the molecule is Cc1cc(Cc2ccc(S(=O)(=O)NCc3ccccn3)cc2)c(=O)[nH]n1. The first-order valence-corrected chi connectivity index (χ1v) is 9.46. The number of rotatable bonds is 6. The van der Waals surface area contributed by atoms with Gasteiger partial charge in [-0.3, -0.25) is 9.78 Å². The molecule has 0 bridgehead atoms. The van der Waals surface area contributed by atoms with Crippen LogP contribution in [0.2, 0.25) is 0 Å². The van der Waals surface area contributed by atoms with E-state index >= 15 is 0 Å². The molecule has 0 aliphatic heterocycles. The lowest BCUT2D eigenvalue weighted by molar-refractivity contribution is 0.580. The van der Waals surface area contributed by atoms with Gasteiger partial charge in [0.05, 0.1) is 22.8 Å². The highest BCUT2D eigenvalue weighted by Crippen LogP contribution is 2.13. The fourth-order valence-corrected chi connectivity index (χ4v) is 3.45. The smallest absolute Gasteiger partial charge is 0.267 e. The zero-order valence-electron chi connectivity index (χ0n) is 14.1. The Morgan fingerprint density at radius 2 is 1.88 bits per heavy atom. The minimum absolute atomic E-state index is 0.122. The molecule has 3 aromatic rings. The quantitative estimate of drug-likeness (QED) is 0.685. The van der Waals surface area contributed by atoms with Crippen LogP contribution in [-0.2, 0) is 23.0 Å². The average Bonchev–Trinajstić information content (AvgIpc) is 2.64. The molecule has 0 atom stereocenters. The fraction of sp³-hybridized carbons (Fsp3) is 0.167. The second-order valence-corrected chi connectivity index (χ2v) is 7.60. The third kappa shape index (κ3) is 4.41. The second-order valence-electron chi connectivity index (χ2n) is 5.83. The average molecular weight is 370 g/mol. The lowest BCUT2D eigenvalue weighted by Gasteiger charge is -2.08. The van der Waals surface area contributed by atoms with Gasteiger partial charge in [0.1, 0.15) is 0 Å². The minimum atomic E-state index is -3.63. The number of hydrogen-bond acceptors (Lipinski definition) is 5. The molecule has 3 rings (SSSR count). The number of nitrogens with zero attached hydrogens (tertiary/aromatic N) is 2. The summed E-state index contributed by atoms with van der Waals surface area (Å²) in [6.45, 7) is 1.92. The number of aryl methyl sites for hydroxylation is 1. The van der Waals surface area contributed by atoms with Gasteiger partial charge in [0.15, 0.2) is 0 Å². The van der Waals surface area contributed by atoms with E-state index in [0.29, 0.717) is 17.7 Å². The highest BCUT2D eigenvalue weighted by Gasteiger charge is 2.14. The number of pyridine rings is 1. The van der Waals surface area contributed by atoms with E-state index < -0.39 is 10.0 Å². The molecule has 2 N–H and O–H groups in total. The zero-order valence-corrected chi connectivity index (χ0v) is 15.0. The first-order valence-electron chi connectivity index (χ1n) is 7.98. The van der Waals surface area contributed by atoms with Crippen molar-refractivity contribution in [3.8, 4) is 0 Å². The summed E-state index contributed by atoms with van der Waals surface area (Å²) in [5.41, 5.74) is 2.54. The van der Waals surface area contributed by atoms with Crippen LogP contribution in [-0.4, -0.2) is 23.6 Å². The van der Waals surface area contributed by atoms with Gasteiger partial charge < -0.3 is 0 Å². The van der Waals surface area contributed by atoms with Crippen LogP contribution in [0.4, 0.5) is 0 Å². The van der Waals surface area contributed by atoms with E-state index in [-0.39, 0.29) is 17.0 Å². The van der Waals surface area contributed by atoms with Gasteiger partial charge in [-0.2, -0.15) is 5.10 Å². The summed E-state index contributed by atoms with van der Waals surface area (Å²) in [5.74, 6) is 0. The minimum Gasteiger partial charge on any atom is -0.268 e. The molecule has 0 aliphatic rings. The van der Waals surface area contributed by atoms with E-state index in [4.69, 9.17) is 0 Å². The first kappa shape index (κ1) is 18.0. The molecule has 7 nitrogen and oxygen atoms in total. The Morgan fingerprint density at radius 3 is 2.58 bits per heavy atom. The molecular weight excluding hydrogens is 352 g/mol. The molecule has 2 aromatic heterocycles. The van der Waals surface area contributed by atoms with Gasteiger partial charge in [-0.05, 0) is 42.8 Å². The van der Waals surface area contributed by atoms with Gasteiger partial charge in [0.25, 0.3) is 5.56 Å². The monoisotopic (exact) mass is 370 g/mol. The summed E-state index contributed by atoms with van der Waals surface area (Å²) in [5, 5.41) is 6.28. The molecule has 0 radical (unpaired) electrons. The maximum Gasteiger partial charge on any atom is 0.267 e. The van der Waals surface area contributed by atoms with Gasteiger partial charge in [0, 0.05) is 18.2 Å². The van der Waals surface area contributed by atoms with Gasteiger partial charge in [-0.1, -0.05) is 18.2 Å². The molecule has 0 unspecified atom stereocenters. The Morgan fingerprint density at radius 1 is 1.12 bits per heavy atom.